The zero-order chi connectivity index (χ0) is 47.2. The first kappa shape index (κ1) is 53.3. The van der Waals surface area contributed by atoms with Crippen molar-refractivity contribution in [3.63, 3.8) is 0 Å². The fourth-order valence-electron chi connectivity index (χ4n) is 10.4. The number of aliphatic hydroxyl groups is 2. The molecule has 0 unspecified atom stereocenters. The molecule has 0 bridgehead atoms. The average Bonchev–Trinajstić information content (AvgIpc) is 3.50. The third kappa shape index (κ3) is 12.2. The van der Waals surface area contributed by atoms with E-state index in [0.29, 0.717) is 23.0 Å². The van der Waals surface area contributed by atoms with Crippen molar-refractivity contribution in [2.45, 2.75) is 185 Å². The number of hydrogen-bond acceptors (Lipinski definition) is 14. The lowest BCUT2D eigenvalue weighted by Crippen LogP contribution is -2.64. The minimum atomic E-state index is -1.90. The van der Waals surface area contributed by atoms with E-state index in [4.69, 9.17) is 52.6 Å². The van der Waals surface area contributed by atoms with Crippen LogP contribution in [-0.4, -0.2) is 166 Å². The average molecular weight is 896 g/mol. The van der Waals surface area contributed by atoms with Crippen molar-refractivity contribution in [1.82, 2.24) is 0 Å². The molecule has 0 amide bonds. The number of carbonyl (C=O) groups is 1. The van der Waals surface area contributed by atoms with Gasteiger partial charge < -0.3 is 62.2 Å². The quantitative estimate of drug-likeness (QED) is 0.139. The highest BCUT2D eigenvalue weighted by atomic mass is 16.7. The maximum Gasteiger partial charge on any atom is 0.311 e. The first-order chi connectivity index (χ1) is 29.4. The van der Waals surface area contributed by atoms with Gasteiger partial charge >= 0.3 is 5.97 Å². The molecule has 3 heterocycles. The summed E-state index contributed by atoms with van der Waals surface area (Å²) in [5.74, 6) is -3.38. The highest BCUT2D eigenvalue weighted by molar-refractivity contribution is 5.89. The Bertz CT molecular complexity index is 1580. The molecule has 3 aliphatic heterocycles. The van der Waals surface area contributed by atoms with Crippen molar-refractivity contribution in [3.8, 4) is 0 Å². The Morgan fingerprint density at radius 2 is 1.41 bits per heavy atom. The number of methoxy groups -OCH3 is 4. The summed E-state index contributed by atoms with van der Waals surface area (Å²) in [7, 11) is 13.0. The number of likely N-dealkylation sites (N-methyl/N-ethyl adjacent to an activating group) is 1. The van der Waals surface area contributed by atoms with Crippen LogP contribution in [-0.2, 0) is 52.3 Å². The van der Waals surface area contributed by atoms with E-state index < -0.39 is 108 Å². The van der Waals surface area contributed by atoms with Crippen molar-refractivity contribution in [2.75, 3.05) is 49.6 Å². The molecule has 0 aromatic heterocycles. The van der Waals surface area contributed by atoms with Crippen LogP contribution in [0.3, 0.4) is 0 Å². The molecule has 0 spiro atoms. The van der Waals surface area contributed by atoms with Crippen molar-refractivity contribution >= 4 is 11.7 Å². The number of carbonyl (C=O) groups excluding carboxylic acids is 1. The van der Waals surface area contributed by atoms with Crippen molar-refractivity contribution in [3.05, 3.63) is 36.5 Å². The Morgan fingerprint density at radius 3 is 1.95 bits per heavy atom. The normalized spacial score (nSPS) is 44.5. The predicted molar refractivity (Wildman–Crippen MR) is 240 cm³/mol. The van der Waals surface area contributed by atoms with E-state index in [1.165, 1.54) is 6.92 Å². The minimum Gasteiger partial charge on any atom is -0.459 e. The SMILES string of the molecule is CC[C@H]1OC(=O)[C@H](C)[C@@H](O[C@H]2C[C@@](C)(OC)[C@@H](OC)[C@H](C)O2)[C@H](C)[C@@H](O[C@@H]2O[C@H](C)C[C@H]([N+](C)(C)C)[C@H]2OC)[C@@](C)(OC)C[C@H](C)/C(=N\OC2C=CC=CC=C2)[C@H](C)[C@@H](O)[C@]1(C)O. The Kier molecular flexibility index (Phi) is 18.6. The van der Waals surface area contributed by atoms with Crippen LogP contribution in [0.4, 0.5) is 0 Å². The molecule has 0 aromatic carbocycles. The molecule has 0 radical (unpaired) electrons. The van der Waals surface area contributed by atoms with Crippen molar-refractivity contribution < 1.29 is 67.0 Å². The summed E-state index contributed by atoms with van der Waals surface area (Å²) < 4.78 is 59.1. The van der Waals surface area contributed by atoms with Gasteiger partial charge in [0.2, 0.25) is 0 Å². The van der Waals surface area contributed by atoms with Crippen molar-refractivity contribution in [1.29, 1.82) is 0 Å². The highest BCUT2D eigenvalue weighted by Gasteiger charge is 2.55. The lowest BCUT2D eigenvalue weighted by atomic mass is 9.73. The van der Waals surface area contributed by atoms with E-state index in [9.17, 15) is 15.0 Å². The Hall–Kier alpha value is -2.28. The van der Waals surface area contributed by atoms with Gasteiger partial charge in [-0.25, -0.2) is 0 Å². The summed E-state index contributed by atoms with van der Waals surface area (Å²) in [4.78, 5) is 20.8. The van der Waals surface area contributed by atoms with Gasteiger partial charge in [-0.3, -0.25) is 4.79 Å². The zero-order valence-corrected chi connectivity index (χ0v) is 41.3. The van der Waals surface area contributed by atoms with Gasteiger partial charge in [-0.05, 0) is 66.5 Å². The van der Waals surface area contributed by atoms with Crippen LogP contribution in [0.25, 0.3) is 0 Å². The summed E-state index contributed by atoms with van der Waals surface area (Å²) >= 11 is 0. The monoisotopic (exact) mass is 896 g/mol. The zero-order valence-electron chi connectivity index (χ0n) is 41.3. The second kappa shape index (κ2) is 22.0. The number of aliphatic hydroxyl groups excluding tert-OH is 1. The molecule has 1 aliphatic carbocycles. The Balaban J connectivity index is 1.94. The standard InChI is InChI=1S/C48H83N2O13/c1-18-36-48(10,53)41(51)30(4)38(49-63-34-23-21-19-20-22-24-34)28(2)26-46(8,56-16)42(62-45-40(54-14)35(50(11,12)13)25-29(3)58-45)31(5)39(32(6)44(52)60-36)61-37-27-47(9,57-17)43(55-15)33(7)59-37/h19-24,28-37,39-43,45,51,53H,18,25-27H2,1-17H3/q+1/b49-38+/t28-,29+,30-,31-,32+,33-,35-,36+,37-,39-,40+,41+,42+,43-,45-,46-,47+,48+/m0/s1. The number of nitrogens with zero attached hydrogens (tertiary/aromatic N) is 2. The third-order valence-corrected chi connectivity index (χ3v) is 14.3. The number of rotatable bonds is 12. The van der Waals surface area contributed by atoms with E-state index >= 15 is 0 Å². The molecule has 3 saturated heterocycles. The van der Waals surface area contributed by atoms with Crippen LogP contribution in [0.1, 0.15) is 94.9 Å². The molecule has 4 rings (SSSR count). The molecule has 0 saturated carbocycles. The number of cyclic esters (lactones) is 1. The van der Waals surface area contributed by atoms with Gasteiger partial charge in [0.15, 0.2) is 24.8 Å². The smallest absolute Gasteiger partial charge is 0.311 e. The van der Waals surface area contributed by atoms with Crippen LogP contribution in [0.5, 0.6) is 0 Å². The molecule has 4 aliphatic rings. The molecule has 362 valence electrons. The van der Waals surface area contributed by atoms with Crippen LogP contribution in [0.2, 0.25) is 0 Å². The summed E-state index contributed by atoms with van der Waals surface area (Å²) in [5, 5.41) is 29.1. The van der Waals surface area contributed by atoms with E-state index in [0.717, 1.165) is 6.42 Å². The van der Waals surface area contributed by atoms with Gasteiger partial charge in [-0.1, -0.05) is 57.2 Å². The summed E-state index contributed by atoms with van der Waals surface area (Å²) in [6.07, 6.45) is 4.94. The van der Waals surface area contributed by atoms with Gasteiger partial charge in [0.05, 0.1) is 74.5 Å². The first-order valence-corrected chi connectivity index (χ1v) is 22.9. The largest absolute Gasteiger partial charge is 0.459 e. The van der Waals surface area contributed by atoms with Crippen LogP contribution in [0, 0.1) is 23.7 Å². The van der Waals surface area contributed by atoms with Crippen LogP contribution < -0.4 is 0 Å². The molecule has 2 N–H and O–H groups in total. The van der Waals surface area contributed by atoms with E-state index in [1.807, 2.05) is 78.0 Å². The van der Waals surface area contributed by atoms with Crippen molar-refractivity contribution in [2.24, 2.45) is 28.8 Å². The fraction of sp³-hybridized carbons (Fsp3) is 0.833. The lowest BCUT2D eigenvalue weighted by molar-refractivity contribution is -0.903. The Labute approximate surface area is 378 Å². The highest BCUT2D eigenvalue weighted by Crippen LogP contribution is 2.43. The molecule has 63 heavy (non-hydrogen) atoms. The van der Waals surface area contributed by atoms with Crippen LogP contribution in [0.15, 0.2) is 41.6 Å². The third-order valence-electron chi connectivity index (χ3n) is 14.3. The minimum absolute atomic E-state index is 0.0168. The number of allylic oxidation sites excluding steroid dienone is 4. The maximum atomic E-state index is 14.7. The second-order valence-electron chi connectivity index (χ2n) is 20.0. The van der Waals surface area contributed by atoms with Gasteiger partial charge in [-0.2, -0.15) is 0 Å². The Morgan fingerprint density at radius 1 is 0.810 bits per heavy atom. The van der Waals surface area contributed by atoms with E-state index in [-0.39, 0.29) is 18.6 Å². The maximum absolute atomic E-state index is 14.7. The number of quaternary nitrogens is 1. The predicted octanol–water partition coefficient (Wildman–Crippen LogP) is 5.75. The van der Waals surface area contributed by atoms with Gasteiger partial charge in [0.1, 0.15) is 23.9 Å². The molecule has 0 aromatic rings. The first-order valence-electron chi connectivity index (χ1n) is 22.9. The molecule has 3 fully saturated rings. The summed E-state index contributed by atoms with van der Waals surface area (Å²) in [6, 6.07) is 0.0168. The molecular weight excluding hydrogens is 813 g/mol. The van der Waals surface area contributed by atoms with Gasteiger partial charge in [0, 0.05) is 59.0 Å². The molecule has 15 nitrogen and oxygen atoms in total. The number of oxime groups is 1. The number of esters is 1. The summed E-state index contributed by atoms with van der Waals surface area (Å²) in [5.41, 5.74) is -3.35. The fourth-order valence-corrected chi connectivity index (χ4v) is 10.4. The van der Waals surface area contributed by atoms with Gasteiger partial charge in [0.25, 0.3) is 0 Å². The molecular formula is C48H83N2O13+. The van der Waals surface area contributed by atoms with Crippen LogP contribution >= 0.6 is 0 Å². The number of ether oxygens (including phenoxy) is 9. The van der Waals surface area contributed by atoms with E-state index in [2.05, 4.69) is 21.1 Å². The topological polar surface area (TPSA) is 162 Å². The summed E-state index contributed by atoms with van der Waals surface area (Å²) in [6.45, 7) is 18.7. The van der Waals surface area contributed by atoms with Gasteiger partial charge in [-0.15, -0.1) is 0 Å². The second-order valence-corrected chi connectivity index (χ2v) is 20.0. The molecule has 15 heteroatoms. The van der Waals surface area contributed by atoms with E-state index in [1.54, 1.807) is 49.2 Å². The molecule has 18 atom stereocenters. The number of hydrogen-bond donors (Lipinski definition) is 2. The lowest BCUT2D eigenvalue weighted by Gasteiger charge is -2.51.